The van der Waals surface area contributed by atoms with Crippen molar-refractivity contribution in [3.63, 3.8) is 0 Å². The van der Waals surface area contributed by atoms with E-state index in [0.717, 1.165) is 48.8 Å². The van der Waals surface area contributed by atoms with Gasteiger partial charge >= 0.3 is 5.97 Å². The molecule has 1 aliphatic rings. The normalized spacial score (nSPS) is 19.3. The number of benzene rings is 2. The summed E-state index contributed by atoms with van der Waals surface area (Å²) in [5.74, 6) is -0.192. The van der Waals surface area contributed by atoms with E-state index in [2.05, 4.69) is 9.88 Å². The Morgan fingerprint density at radius 3 is 2.75 bits per heavy atom. The predicted octanol–water partition coefficient (Wildman–Crippen LogP) is 6.22. The Morgan fingerprint density at radius 2 is 2.00 bits per heavy atom. The number of rotatable bonds is 11. The van der Waals surface area contributed by atoms with E-state index in [4.69, 9.17) is 4.74 Å². The Labute approximate surface area is 211 Å². The first-order chi connectivity index (χ1) is 17.4. The van der Waals surface area contributed by atoms with Crippen LogP contribution in [0.3, 0.4) is 0 Å². The number of ether oxygens (including phenoxy) is 1. The Hall–Kier alpha value is -3.06. The zero-order valence-electron chi connectivity index (χ0n) is 20.7. The summed E-state index contributed by atoms with van der Waals surface area (Å²) in [5.41, 5.74) is 2.43. The number of aliphatic carboxylic acids is 1. The minimum Gasteiger partial charge on any atom is -0.497 e. The van der Waals surface area contributed by atoms with Crippen LogP contribution < -0.4 is 4.74 Å². The van der Waals surface area contributed by atoms with E-state index in [1.165, 1.54) is 12.1 Å². The molecule has 0 spiro atoms. The standard InChI is InChI=1S/C29H34F2N2O3/c1-36-24-9-11-28-26(18-24)25(12-14-32-28)27(31)10-6-21-13-16-33(19-22(21)17-29(34)35)15-2-3-20-4-7-23(30)8-5-20/h4-5,7-9,11-12,14,18,21-22,27H,2-3,6,10,13,15-17,19H2,1H3,(H,34,35)/t21-,22+,27-/m1/s1. The van der Waals surface area contributed by atoms with Crippen molar-refractivity contribution in [1.29, 1.82) is 0 Å². The number of fused-ring (bicyclic) bond motifs is 1. The van der Waals surface area contributed by atoms with Gasteiger partial charge in [0.25, 0.3) is 0 Å². The number of methoxy groups -OCH3 is 1. The molecule has 0 saturated carbocycles. The summed E-state index contributed by atoms with van der Waals surface area (Å²) in [6.45, 7) is 2.47. The molecule has 1 aliphatic heterocycles. The number of aryl methyl sites for hydroxylation is 1. The predicted molar refractivity (Wildman–Crippen MR) is 136 cm³/mol. The quantitative estimate of drug-likeness (QED) is 0.342. The van der Waals surface area contributed by atoms with Gasteiger partial charge in [-0.05, 0) is 105 Å². The van der Waals surface area contributed by atoms with E-state index in [1.807, 2.05) is 30.3 Å². The van der Waals surface area contributed by atoms with Gasteiger partial charge in [0.2, 0.25) is 0 Å². The Kier molecular flexibility index (Phi) is 8.86. The molecule has 1 saturated heterocycles. The minimum atomic E-state index is -1.15. The van der Waals surface area contributed by atoms with Crippen LogP contribution in [0.5, 0.6) is 5.75 Å². The van der Waals surface area contributed by atoms with Gasteiger partial charge < -0.3 is 14.7 Å². The van der Waals surface area contributed by atoms with Crippen LogP contribution >= 0.6 is 0 Å². The van der Waals surface area contributed by atoms with Crippen LogP contribution in [0.25, 0.3) is 10.9 Å². The van der Waals surface area contributed by atoms with Gasteiger partial charge in [-0.15, -0.1) is 0 Å². The molecule has 0 unspecified atom stereocenters. The molecule has 2 aromatic carbocycles. The summed E-state index contributed by atoms with van der Waals surface area (Å²) in [6, 6.07) is 13.8. The maximum Gasteiger partial charge on any atom is 0.303 e. The third kappa shape index (κ3) is 6.78. The first-order valence-electron chi connectivity index (χ1n) is 12.7. The molecule has 0 amide bonds. The lowest BCUT2D eigenvalue weighted by Gasteiger charge is -2.38. The van der Waals surface area contributed by atoms with Crippen LogP contribution in [0.15, 0.2) is 54.7 Å². The van der Waals surface area contributed by atoms with Crippen LogP contribution in [0.4, 0.5) is 8.78 Å². The molecule has 36 heavy (non-hydrogen) atoms. The third-order valence-corrected chi connectivity index (χ3v) is 7.38. The number of pyridine rings is 1. The average molecular weight is 497 g/mol. The lowest BCUT2D eigenvalue weighted by molar-refractivity contribution is -0.139. The number of halogens is 2. The van der Waals surface area contributed by atoms with Gasteiger partial charge in [-0.25, -0.2) is 8.78 Å². The van der Waals surface area contributed by atoms with Gasteiger partial charge in [0, 0.05) is 24.5 Å². The smallest absolute Gasteiger partial charge is 0.303 e. The number of hydrogen-bond acceptors (Lipinski definition) is 4. The first-order valence-corrected chi connectivity index (χ1v) is 12.7. The highest BCUT2D eigenvalue weighted by Crippen LogP contribution is 2.36. The number of likely N-dealkylation sites (tertiary alicyclic amines) is 1. The molecule has 192 valence electrons. The SMILES string of the molecule is COc1ccc2nccc([C@H](F)CC[C@@H]3CCN(CCCc4ccc(F)cc4)C[C@@H]3CC(=O)O)c2c1. The molecular weight excluding hydrogens is 462 g/mol. The summed E-state index contributed by atoms with van der Waals surface area (Å²) in [6.07, 6.45) is 4.24. The van der Waals surface area contributed by atoms with Gasteiger partial charge in [-0.3, -0.25) is 9.78 Å². The van der Waals surface area contributed by atoms with Crippen molar-refractivity contribution in [1.82, 2.24) is 9.88 Å². The number of nitrogens with zero attached hydrogens (tertiary/aromatic N) is 2. The van der Waals surface area contributed by atoms with E-state index in [0.29, 0.717) is 30.7 Å². The average Bonchev–Trinajstić information content (AvgIpc) is 2.88. The molecule has 3 atom stereocenters. The molecule has 1 aromatic heterocycles. The monoisotopic (exact) mass is 496 g/mol. The topological polar surface area (TPSA) is 62.7 Å². The van der Waals surface area contributed by atoms with Crippen molar-refractivity contribution in [2.24, 2.45) is 11.8 Å². The summed E-state index contributed by atoms with van der Waals surface area (Å²) in [4.78, 5) is 18.2. The van der Waals surface area contributed by atoms with Crippen molar-refractivity contribution in [2.45, 2.75) is 44.7 Å². The fraction of sp³-hybridized carbons (Fsp3) is 0.448. The number of piperidine rings is 1. The van der Waals surface area contributed by atoms with Gasteiger partial charge in [0.1, 0.15) is 17.7 Å². The van der Waals surface area contributed by atoms with Crippen LogP contribution in [0.2, 0.25) is 0 Å². The van der Waals surface area contributed by atoms with Crippen LogP contribution in [0.1, 0.15) is 49.4 Å². The van der Waals surface area contributed by atoms with E-state index in [1.54, 1.807) is 19.4 Å². The van der Waals surface area contributed by atoms with Crippen LogP contribution in [-0.4, -0.2) is 47.7 Å². The molecule has 0 bridgehead atoms. The zero-order valence-corrected chi connectivity index (χ0v) is 20.7. The molecule has 7 heteroatoms. The summed E-state index contributed by atoms with van der Waals surface area (Å²) < 4.78 is 33.9. The van der Waals surface area contributed by atoms with Crippen molar-refractivity contribution in [3.8, 4) is 5.75 Å². The number of carboxylic acids is 1. The maximum absolute atomic E-state index is 15.5. The third-order valence-electron chi connectivity index (χ3n) is 7.38. The number of hydrogen-bond donors (Lipinski definition) is 1. The van der Waals surface area contributed by atoms with E-state index < -0.39 is 12.1 Å². The number of carboxylic acid groups (broad SMARTS) is 1. The number of aromatic nitrogens is 1. The van der Waals surface area contributed by atoms with Crippen LogP contribution in [-0.2, 0) is 11.2 Å². The molecule has 1 fully saturated rings. The summed E-state index contributed by atoms with van der Waals surface area (Å²) in [7, 11) is 1.59. The molecule has 0 radical (unpaired) electrons. The second-order valence-corrected chi connectivity index (χ2v) is 9.77. The fourth-order valence-electron chi connectivity index (χ4n) is 5.42. The highest BCUT2D eigenvalue weighted by molar-refractivity contribution is 5.83. The Morgan fingerprint density at radius 1 is 1.19 bits per heavy atom. The molecule has 5 nitrogen and oxygen atoms in total. The van der Waals surface area contributed by atoms with Crippen molar-refractivity contribution < 1.29 is 23.4 Å². The number of alkyl halides is 1. The molecule has 4 rings (SSSR count). The summed E-state index contributed by atoms with van der Waals surface area (Å²) in [5, 5.41) is 10.3. The van der Waals surface area contributed by atoms with Gasteiger partial charge in [0.05, 0.1) is 12.6 Å². The zero-order chi connectivity index (χ0) is 25.5. The molecule has 0 aliphatic carbocycles. The van der Waals surface area contributed by atoms with Crippen LogP contribution in [0, 0.1) is 17.7 Å². The largest absolute Gasteiger partial charge is 0.497 e. The molecule has 3 aromatic rings. The summed E-state index contributed by atoms with van der Waals surface area (Å²) >= 11 is 0. The van der Waals surface area contributed by atoms with E-state index >= 15 is 4.39 Å². The molecule has 2 heterocycles. The minimum absolute atomic E-state index is 0.00329. The highest BCUT2D eigenvalue weighted by atomic mass is 19.1. The maximum atomic E-state index is 15.5. The number of carbonyl (C=O) groups is 1. The lowest BCUT2D eigenvalue weighted by atomic mass is 9.79. The van der Waals surface area contributed by atoms with Gasteiger partial charge in [-0.2, -0.15) is 0 Å². The van der Waals surface area contributed by atoms with Gasteiger partial charge in [0.15, 0.2) is 0 Å². The molecule has 1 N–H and O–H groups in total. The highest BCUT2D eigenvalue weighted by Gasteiger charge is 2.31. The second-order valence-electron chi connectivity index (χ2n) is 9.77. The first kappa shape index (κ1) is 26.0. The van der Waals surface area contributed by atoms with E-state index in [-0.39, 0.29) is 24.1 Å². The Balaban J connectivity index is 1.34. The van der Waals surface area contributed by atoms with Crippen molar-refractivity contribution >= 4 is 16.9 Å². The fourth-order valence-corrected chi connectivity index (χ4v) is 5.42. The second kappa shape index (κ2) is 12.3. The molecular formula is C29H34F2N2O3. The Bertz CT molecular complexity index is 1150. The van der Waals surface area contributed by atoms with Gasteiger partial charge in [-0.1, -0.05) is 12.1 Å². The van der Waals surface area contributed by atoms with Crippen molar-refractivity contribution in [3.05, 3.63) is 71.7 Å². The van der Waals surface area contributed by atoms with E-state index in [9.17, 15) is 14.3 Å². The van der Waals surface area contributed by atoms with Crippen molar-refractivity contribution in [2.75, 3.05) is 26.7 Å². The lowest BCUT2D eigenvalue weighted by Crippen LogP contribution is -2.42.